The number of hydrogen-bond donors (Lipinski definition) is 1. The lowest BCUT2D eigenvalue weighted by atomic mass is 9.92. The lowest BCUT2D eigenvalue weighted by molar-refractivity contribution is 0.290. The van der Waals surface area contributed by atoms with Crippen molar-refractivity contribution in [3.05, 3.63) is 65.8 Å². The van der Waals surface area contributed by atoms with Crippen molar-refractivity contribution in [1.29, 1.82) is 0 Å². The molecule has 2 aromatic carbocycles. The van der Waals surface area contributed by atoms with Crippen LogP contribution >= 0.6 is 12.4 Å². The summed E-state index contributed by atoms with van der Waals surface area (Å²) < 4.78 is 24.7. The van der Waals surface area contributed by atoms with E-state index in [1.54, 1.807) is 18.2 Å². The minimum absolute atomic E-state index is 0. The molecule has 1 aliphatic heterocycles. The minimum Gasteiger partial charge on any atom is -0.486 e. The molecule has 0 amide bonds. The van der Waals surface area contributed by atoms with Gasteiger partial charge in [0.25, 0.3) is 0 Å². The fourth-order valence-electron chi connectivity index (χ4n) is 4.14. The van der Waals surface area contributed by atoms with Crippen LogP contribution in [0.5, 0.6) is 5.75 Å². The third-order valence-electron chi connectivity index (χ3n) is 5.97. The van der Waals surface area contributed by atoms with Gasteiger partial charge in [-0.3, -0.25) is 0 Å². The van der Waals surface area contributed by atoms with Crippen LogP contribution in [0.25, 0.3) is 11.4 Å². The summed E-state index contributed by atoms with van der Waals surface area (Å²) in [6.07, 6.45) is 3.53. The molecule has 0 radical (unpaired) electrons. The molecule has 1 aromatic heterocycles. The van der Waals surface area contributed by atoms with Crippen molar-refractivity contribution in [2.45, 2.75) is 31.8 Å². The molecule has 0 bridgehead atoms. The molecule has 7 heteroatoms. The number of nitrogens with zero attached hydrogens (tertiary/aromatic N) is 2. The molecule has 1 spiro atoms. The zero-order valence-electron chi connectivity index (χ0n) is 15.9. The van der Waals surface area contributed by atoms with E-state index in [-0.39, 0.29) is 24.0 Å². The number of halogens is 2. The summed E-state index contributed by atoms with van der Waals surface area (Å²) >= 11 is 0. The molecule has 1 saturated carbocycles. The SMILES string of the molecule is Cl.Fc1ccccc1OCc1ccc(-c2noc(C3CC34CCNCC4)n2)cc1. The lowest BCUT2D eigenvalue weighted by Crippen LogP contribution is -2.29. The van der Waals surface area contributed by atoms with Crippen molar-refractivity contribution in [1.82, 2.24) is 15.5 Å². The molecule has 5 rings (SSSR count). The van der Waals surface area contributed by atoms with Gasteiger partial charge in [-0.2, -0.15) is 4.98 Å². The van der Waals surface area contributed by atoms with Crippen LogP contribution in [0.3, 0.4) is 0 Å². The third kappa shape index (κ3) is 4.00. The van der Waals surface area contributed by atoms with Gasteiger partial charge in [0.1, 0.15) is 6.61 Å². The Morgan fingerprint density at radius 1 is 1.10 bits per heavy atom. The van der Waals surface area contributed by atoms with Gasteiger partial charge in [0, 0.05) is 11.5 Å². The van der Waals surface area contributed by atoms with Crippen LogP contribution in [-0.2, 0) is 6.61 Å². The van der Waals surface area contributed by atoms with Gasteiger partial charge in [-0.05, 0) is 55.5 Å². The van der Waals surface area contributed by atoms with Gasteiger partial charge < -0.3 is 14.6 Å². The fourth-order valence-corrected chi connectivity index (χ4v) is 4.14. The highest BCUT2D eigenvalue weighted by atomic mass is 35.5. The quantitative estimate of drug-likeness (QED) is 0.652. The van der Waals surface area contributed by atoms with Gasteiger partial charge in [-0.1, -0.05) is 41.6 Å². The van der Waals surface area contributed by atoms with Crippen LogP contribution in [-0.4, -0.2) is 23.2 Å². The van der Waals surface area contributed by atoms with E-state index in [4.69, 9.17) is 9.26 Å². The topological polar surface area (TPSA) is 60.2 Å². The molecule has 152 valence electrons. The first-order valence-electron chi connectivity index (χ1n) is 9.74. The van der Waals surface area contributed by atoms with Crippen molar-refractivity contribution >= 4 is 12.4 Å². The fraction of sp³-hybridized carbons (Fsp3) is 0.364. The first-order chi connectivity index (χ1) is 13.7. The van der Waals surface area contributed by atoms with Crippen LogP contribution < -0.4 is 10.1 Å². The van der Waals surface area contributed by atoms with Crippen molar-refractivity contribution in [3.63, 3.8) is 0 Å². The molecular weight excluding hydrogens is 393 g/mol. The summed E-state index contributed by atoms with van der Waals surface area (Å²) in [5.74, 6) is 1.69. The predicted octanol–water partition coefficient (Wildman–Crippen LogP) is 4.73. The molecule has 1 aliphatic carbocycles. The molecular formula is C22H23ClFN3O2. The molecule has 2 fully saturated rings. The van der Waals surface area contributed by atoms with Crippen molar-refractivity contribution in [2.75, 3.05) is 13.1 Å². The number of aromatic nitrogens is 2. The summed E-state index contributed by atoms with van der Waals surface area (Å²) in [7, 11) is 0. The Kier molecular flexibility index (Phi) is 5.56. The Morgan fingerprint density at radius 3 is 2.62 bits per heavy atom. The van der Waals surface area contributed by atoms with Crippen molar-refractivity contribution in [3.8, 4) is 17.1 Å². The summed E-state index contributed by atoms with van der Waals surface area (Å²) in [4.78, 5) is 4.65. The van der Waals surface area contributed by atoms with Gasteiger partial charge in [0.05, 0.1) is 0 Å². The molecule has 5 nitrogen and oxygen atoms in total. The largest absolute Gasteiger partial charge is 0.486 e. The zero-order chi connectivity index (χ0) is 19.0. The Labute approximate surface area is 175 Å². The van der Waals surface area contributed by atoms with E-state index in [1.807, 2.05) is 24.3 Å². The first-order valence-corrected chi connectivity index (χ1v) is 9.74. The van der Waals surface area contributed by atoms with Crippen LogP contribution in [0, 0.1) is 11.2 Å². The summed E-state index contributed by atoms with van der Waals surface area (Å²) in [5, 5.41) is 7.59. The highest BCUT2D eigenvalue weighted by Gasteiger charge is 2.57. The van der Waals surface area contributed by atoms with E-state index in [0.29, 0.717) is 23.8 Å². The standard InChI is InChI=1S/C22H22FN3O2.ClH/c23-18-3-1-2-4-19(18)27-14-15-5-7-16(8-6-15)20-25-21(28-26-20)17-13-22(17)9-11-24-12-10-22;/h1-8,17,24H,9-14H2;1H. The van der Waals surface area contributed by atoms with Crippen LogP contribution in [0.4, 0.5) is 4.39 Å². The highest BCUT2D eigenvalue weighted by molar-refractivity contribution is 5.85. The molecule has 1 N–H and O–H groups in total. The van der Waals surface area contributed by atoms with Gasteiger partial charge >= 0.3 is 0 Å². The number of benzene rings is 2. The Morgan fingerprint density at radius 2 is 1.86 bits per heavy atom. The second-order valence-electron chi connectivity index (χ2n) is 7.74. The highest BCUT2D eigenvalue weighted by Crippen LogP contribution is 2.63. The number of rotatable bonds is 5. The Balaban J connectivity index is 0.00000205. The van der Waals surface area contributed by atoms with E-state index < -0.39 is 0 Å². The number of ether oxygens (including phenoxy) is 1. The maximum absolute atomic E-state index is 13.6. The first kappa shape index (κ1) is 19.9. The molecule has 3 aromatic rings. The normalized spacial score (nSPS) is 19.6. The number of para-hydroxylation sites is 1. The molecule has 1 atom stereocenters. The average Bonchev–Trinajstić information content (AvgIpc) is 3.19. The molecule has 29 heavy (non-hydrogen) atoms. The van der Waals surface area contributed by atoms with E-state index in [9.17, 15) is 4.39 Å². The third-order valence-corrected chi connectivity index (χ3v) is 5.97. The molecule has 2 aliphatic rings. The summed E-state index contributed by atoms with van der Waals surface area (Å²) in [6, 6.07) is 14.2. The number of piperidine rings is 1. The van der Waals surface area contributed by atoms with E-state index >= 15 is 0 Å². The van der Waals surface area contributed by atoms with Crippen LogP contribution in [0.1, 0.15) is 36.6 Å². The second kappa shape index (κ2) is 8.13. The lowest BCUT2D eigenvalue weighted by Gasteiger charge is -2.22. The van der Waals surface area contributed by atoms with Crippen molar-refractivity contribution in [2.24, 2.45) is 5.41 Å². The van der Waals surface area contributed by atoms with Gasteiger partial charge in [0.15, 0.2) is 11.6 Å². The minimum atomic E-state index is -0.356. The maximum Gasteiger partial charge on any atom is 0.230 e. The van der Waals surface area contributed by atoms with E-state index in [1.165, 1.54) is 18.9 Å². The number of hydrogen-bond acceptors (Lipinski definition) is 5. The Bertz CT molecular complexity index is 970. The predicted molar refractivity (Wildman–Crippen MR) is 110 cm³/mol. The average molecular weight is 416 g/mol. The van der Waals surface area contributed by atoms with Crippen molar-refractivity contribution < 1.29 is 13.7 Å². The van der Waals surface area contributed by atoms with Gasteiger partial charge in [-0.25, -0.2) is 4.39 Å². The molecule has 1 saturated heterocycles. The zero-order valence-corrected chi connectivity index (χ0v) is 16.8. The maximum atomic E-state index is 13.6. The van der Waals surface area contributed by atoms with E-state index in [0.717, 1.165) is 36.5 Å². The summed E-state index contributed by atoms with van der Waals surface area (Å²) in [5.41, 5.74) is 2.24. The van der Waals surface area contributed by atoms with E-state index in [2.05, 4.69) is 15.5 Å². The van der Waals surface area contributed by atoms with Crippen LogP contribution in [0.15, 0.2) is 53.1 Å². The Hall–Kier alpha value is -2.44. The monoisotopic (exact) mass is 415 g/mol. The van der Waals surface area contributed by atoms with Gasteiger partial charge in [-0.15, -0.1) is 12.4 Å². The molecule has 2 heterocycles. The number of nitrogens with one attached hydrogen (secondary N) is 1. The van der Waals surface area contributed by atoms with Crippen LogP contribution in [0.2, 0.25) is 0 Å². The summed E-state index contributed by atoms with van der Waals surface area (Å²) in [6.45, 7) is 2.46. The van der Waals surface area contributed by atoms with Gasteiger partial charge in [0.2, 0.25) is 11.7 Å². The smallest absolute Gasteiger partial charge is 0.230 e. The molecule has 1 unspecified atom stereocenters. The second-order valence-corrected chi connectivity index (χ2v) is 7.74.